The molecule has 0 aromatic heterocycles. The van der Waals surface area contributed by atoms with Gasteiger partial charge in [0.05, 0.1) is 0 Å². The second kappa shape index (κ2) is 6.57. The Morgan fingerprint density at radius 3 is 2.38 bits per heavy atom. The summed E-state index contributed by atoms with van der Waals surface area (Å²) >= 11 is 0. The van der Waals surface area contributed by atoms with Crippen LogP contribution < -0.4 is 10.1 Å². The Labute approximate surface area is 118 Å². The Morgan fingerprint density at radius 1 is 1.14 bits per heavy atom. The highest BCUT2D eigenvalue weighted by atomic mass is 19.4. The van der Waals surface area contributed by atoms with Crippen molar-refractivity contribution in [3.8, 4) is 5.75 Å². The van der Waals surface area contributed by atoms with Gasteiger partial charge in [-0.25, -0.2) is 0 Å². The molecule has 1 aliphatic heterocycles. The van der Waals surface area contributed by atoms with Crippen molar-refractivity contribution in [2.45, 2.75) is 18.8 Å². The van der Waals surface area contributed by atoms with Crippen molar-refractivity contribution < 1.29 is 26.7 Å². The second-order valence-corrected chi connectivity index (χ2v) is 4.68. The molecule has 1 aliphatic rings. The highest BCUT2D eigenvalue weighted by Gasteiger charge is 2.45. The molecule has 0 aliphatic carbocycles. The summed E-state index contributed by atoms with van der Waals surface area (Å²) in [5.74, 6) is -0.271. The van der Waals surface area contributed by atoms with Crippen LogP contribution in [0.15, 0.2) is 24.3 Å². The molecule has 0 radical (unpaired) electrons. The van der Waals surface area contributed by atoms with E-state index in [2.05, 4.69) is 10.1 Å². The molecule has 0 bridgehead atoms. The number of piperazine rings is 1. The molecule has 118 valence electrons. The van der Waals surface area contributed by atoms with Crippen LogP contribution in [0.3, 0.4) is 0 Å². The molecular formula is C13H15F5N2O. The summed E-state index contributed by atoms with van der Waals surface area (Å²) in [6.45, 7) is -1.67. The van der Waals surface area contributed by atoms with Gasteiger partial charge in [-0.1, -0.05) is 12.1 Å². The molecule has 1 fully saturated rings. The lowest BCUT2D eigenvalue weighted by Gasteiger charge is -2.36. The van der Waals surface area contributed by atoms with E-state index >= 15 is 0 Å². The monoisotopic (exact) mass is 310 g/mol. The Hall–Kier alpha value is -1.41. The third kappa shape index (κ3) is 4.28. The predicted octanol–water partition coefficient (Wildman–Crippen LogP) is 2.80. The van der Waals surface area contributed by atoms with E-state index in [1.807, 2.05) is 0 Å². The summed E-state index contributed by atoms with van der Waals surface area (Å²) in [6, 6.07) is 2.97. The summed E-state index contributed by atoms with van der Waals surface area (Å²) < 4.78 is 68.5. The van der Waals surface area contributed by atoms with Gasteiger partial charge in [-0.3, -0.25) is 4.90 Å². The zero-order valence-electron chi connectivity index (χ0n) is 11.0. The Kier molecular flexibility index (Phi) is 5.00. The molecule has 1 atom stereocenters. The van der Waals surface area contributed by atoms with Crippen LogP contribution in [-0.4, -0.2) is 43.9 Å². The SMILES string of the molecule is FC(F)Oc1cccc([C@H](N2CCNCC2)C(F)(F)F)c1. The van der Waals surface area contributed by atoms with Crippen molar-refractivity contribution >= 4 is 0 Å². The molecule has 0 spiro atoms. The molecule has 2 rings (SSSR count). The van der Waals surface area contributed by atoms with Gasteiger partial charge in [0.1, 0.15) is 11.8 Å². The maximum Gasteiger partial charge on any atom is 0.408 e. The van der Waals surface area contributed by atoms with Crippen LogP contribution in [0.5, 0.6) is 5.75 Å². The maximum absolute atomic E-state index is 13.3. The first kappa shape index (κ1) is 16.0. The van der Waals surface area contributed by atoms with Gasteiger partial charge in [0, 0.05) is 26.2 Å². The molecule has 21 heavy (non-hydrogen) atoms. The van der Waals surface area contributed by atoms with Gasteiger partial charge in [0.25, 0.3) is 0 Å². The summed E-state index contributed by atoms with van der Waals surface area (Å²) in [6.07, 6.45) is -4.49. The van der Waals surface area contributed by atoms with E-state index in [9.17, 15) is 22.0 Å². The third-order valence-corrected chi connectivity index (χ3v) is 3.23. The van der Waals surface area contributed by atoms with E-state index in [1.54, 1.807) is 0 Å². The highest BCUT2D eigenvalue weighted by Crippen LogP contribution is 2.38. The first-order chi connectivity index (χ1) is 9.88. The van der Waals surface area contributed by atoms with Crippen molar-refractivity contribution in [1.82, 2.24) is 10.2 Å². The molecule has 1 saturated heterocycles. The van der Waals surface area contributed by atoms with Crippen molar-refractivity contribution in [3.63, 3.8) is 0 Å². The van der Waals surface area contributed by atoms with Gasteiger partial charge >= 0.3 is 12.8 Å². The molecule has 3 nitrogen and oxygen atoms in total. The molecule has 1 aromatic rings. The standard InChI is InChI=1S/C13H15F5N2O/c14-12(15)21-10-3-1-2-9(8-10)11(13(16,17)18)20-6-4-19-5-7-20/h1-3,8,11-12,19H,4-7H2/t11-/m0/s1. The average Bonchev–Trinajstić information content (AvgIpc) is 2.38. The maximum atomic E-state index is 13.3. The lowest BCUT2D eigenvalue weighted by atomic mass is 10.0. The summed E-state index contributed by atoms with van der Waals surface area (Å²) in [5, 5.41) is 2.98. The van der Waals surface area contributed by atoms with E-state index in [-0.39, 0.29) is 24.4 Å². The Bertz CT molecular complexity index is 460. The van der Waals surface area contributed by atoms with Crippen LogP contribution in [-0.2, 0) is 0 Å². The quantitative estimate of drug-likeness (QED) is 0.866. The van der Waals surface area contributed by atoms with Gasteiger partial charge in [0.15, 0.2) is 0 Å². The number of hydrogen-bond donors (Lipinski definition) is 1. The first-order valence-corrected chi connectivity index (χ1v) is 6.44. The lowest BCUT2D eigenvalue weighted by Crippen LogP contribution is -2.49. The van der Waals surface area contributed by atoms with Crippen molar-refractivity contribution in [3.05, 3.63) is 29.8 Å². The third-order valence-electron chi connectivity index (χ3n) is 3.23. The van der Waals surface area contributed by atoms with E-state index in [0.29, 0.717) is 13.1 Å². The molecular weight excluding hydrogens is 295 g/mol. The predicted molar refractivity (Wildman–Crippen MR) is 66.3 cm³/mol. The number of alkyl halides is 5. The zero-order valence-corrected chi connectivity index (χ0v) is 11.0. The van der Waals surface area contributed by atoms with Crippen LogP contribution in [0, 0.1) is 0 Å². The normalized spacial score (nSPS) is 18.8. The van der Waals surface area contributed by atoms with Gasteiger partial charge in [-0.2, -0.15) is 22.0 Å². The average molecular weight is 310 g/mol. The van der Waals surface area contributed by atoms with Crippen molar-refractivity contribution in [1.29, 1.82) is 0 Å². The molecule has 1 N–H and O–H groups in total. The fourth-order valence-corrected chi connectivity index (χ4v) is 2.41. The zero-order chi connectivity index (χ0) is 15.5. The molecule has 0 unspecified atom stereocenters. The van der Waals surface area contributed by atoms with E-state index in [4.69, 9.17) is 0 Å². The summed E-state index contributed by atoms with van der Waals surface area (Å²) in [7, 11) is 0. The van der Waals surface area contributed by atoms with Crippen LogP contribution in [0.25, 0.3) is 0 Å². The van der Waals surface area contributed by atoms with E-state index in [0.717, 1.165) is 6.07 Å². The largest absolute Gasteiger partial charge is 0.435 e. The van der Waals surface area contributed by atoms with Crippen molar-refractivity contribution in [2.75, 3.05) is 26.2 Å². The Morgan fingerprint density at radius 2 is 1.81 bits per heavy atom. The van der Waals surface area contributed by atoms with Gasteiger partial charge in [-0.05, 0) is 17.7 Å². The minimum Gasteiger partial charge on any atom is -0.435 e. The van der Waals surface area contributed by atoms with Crippen LogP contribution in [0.4, 0.5) is 22.0 Å². The van der Waals surface area contributed by atoms with Gasteiger partial charge < -0.3 is 10.1 Å². The summed E-state index contributed by atoms with van der Waals surface area (Å²) in [4.78, 5) is 1.29. The van der Waals surface area contributed by atoms with Crippen molar-refractivity contribution in [2.24, 2.45) is 0 Å². The van der Waals surface area contributed by atoms with Gasteiger partial charge in [-0.15, -0.1) is 0 Å². The highest BCUT2D eigenvalue weighted by molar-refractivity contribution is 5.31. The van der Waals surface area contributed by atoms with E-state index < -0.39 is 18.8 Å². The minimum absolute atomic E-state index is 0.0949. The van der Waals surface area contributed by atoms with Crippen LogP contribution >= 0.6 is 0 Å². The topological polar surface area (TPSA) is 24.5 Å². The van der Waals surface area contributed by atoms with E-state index in [1.165, 1.54) is 23.1 Å². The molecule has 0 saturated carbocycles. The second-order valence-electron chi connectivity index (χ2n) is 4.68. The number of nitrogens with one attached hydrogen (secondary N) is 1. The number of ether oxygens (including phenoxy) is 1. The molecule has 0 amide bonds. The fraction of sp³-hybridized carbons (Fsp3) is 0.538. The van der Waals surface area contributed by atoms with Gasteiger partial charge in [0.2, 0.25) is 0 Å². The first-order valence-electron chi connectivity index (χ1n) is 6.44. The smallest absolute Gasteiger partial charge is 0.408 e. The Balaban J connectivity index is 2.28. The number of hydrogen-bond acceptors (Lipinski definition) is 3. The summed E-state index contributed by atoms with van der Waals surface area (Å²) in [5.41, 5.74) is -0.0949. The number of rotatable bonds is 4. The minimum atomic E-state index is -4.49. The molecule has 1 heterocycles. The number of halogens is 5. The molecule has 8 heteroatoms. The molecule has 1 aromatic carbocycles. The lowest BCUT2D eigenvalue weighted by molar-refractivity contribution is -0.187. The fourth-order valence-electron chi connectivity index (χ4n) is 2.41. The van der Waals surface area contributed by atoms with Crippen LogP contribution in [0.1, 0.15) is 11.6 Å². The number of benzene rings is 1. The number of nitrogens with zero attached hydrogens (tertiary/aromatic N) is 1. The van der Waals surface area contributed by atoms with Crippen LogP contribution in [0.2, 0.25) is 0 Å².